The zero-order valence-corrected chi connectivity index (χ0v) is 14.4. The summed E-state index contributed by atoms with van der Waals surface area (Å²) in [4.78, 5) is 2.25. The van der Waals surface area contributed by atoms with Crippen LogP contribution in [0.25, 0.3) is 0 Å². The maximum absolute atomic E-state index is 12.7. The second-order valence-corrected chi connectivity index (χ2v) is 7.41. The fraction of sp³-hybridized carbons (Fsp3) is 0.769. The number of H-pyrrole nitrogens is 1. The van der Waals surface area contributed by atoms with Gasteiger partial charge in [-0.2, -0.15) is 9.40 Å². The van der Waals surface area contributed by atoms with E-state index in [1.54, 1.807) is 14.0 Å². The molecule has 7 nitrogen and oxygen atoms in total. The highest BCUT2D eigenvalue weighted by molar-refractivity contribution is 7.89. The smallest absolute Gasteiger partial charge is 0.246 e. The Hall–Kier alpha value is -0.960. The second-order valence-electron chi connectivity index (χ2n) is 5.43. The minimum Gasteiger partial charge on any atom is -0.311 e. The van der Waals surface area contributed by atoms with Gasteiger partial charge in [0.15, 0.2) is 0 Å². The molecule has 0 radical (unpaired) electrons. The van der Waals surface area contributed by atoms with E-state index < -0.39 is 10.0 Å². The van der Waals surface area contributed by atoms with Gasteiger partial charge in [0.1, 0.15) is 4.90 Å². The predicted octanol–water partition coefficient (Wildman–Crippen LogP) is 0.400. The standard InChI is InChI=1S/C13H27N5O2S/c1-6-7-14-10-12-13(11(2)15-16-12)21(19,20)18(5)9-8-17(3)4/h14H,6-10H2,1-5H3,(H,15,16). The molecule has 21 heavy (non-hydrogen) atoms. The van der Waals surface area contributed by atoms with Gasteiger partial charge in [0.2, 0.25) is 10.0 Å². The molecule has 0 saturated heterocycles. The van der Waals surface area contributed by atoms with Crippen molar-refractivity contribution in [2.45, 2.75) is 31.7 Å². The topological polar surface area (TPSA) is 81.3 Å². The SMILES string of the molecule is CCCNCc1n[nH]c(C)c1S(=O)(=O)N(C)CCN(C)C. The van der Waals surface area contributed by atoms with Gasteiger partial charge < -0.3 is 10.2 Å². The number of sulfonamides is 1. The van der Waals surface area contributed by atoms with Crippen molar-refractivity contribution in [3.63, 3.8) is 0 Å². The quantitative estimate of drug-likeness (QED) is 0.644. The van der Waals surface area contributed by atoms with Crippen LogP contribution < -0.4 is 5.32 Å². The molecule has 1 aromatic rings. The lowest BCUT2D eigenvalue weighted by atomic mass is 10.3. The number of hydrogen-bond acceptors (Lipinski definition) is 5. The maximum Gasteiger partial charge on any atom is 0.246 e. The molecule has 1 aromatic heterocycles. The summed E-state index contributed by atoms with van der Waals surface area (Å²) in [5.74, 6) is 0. The molecular weight excluding hydrogens is 290 g/mol. The monoisotopic (exact) mass is 317 g/mol. The van der Waals surface area contributed by atoms with Crippen LogP contribution in [-0.4, -0.2) is 68.6 Å². The molecule has 2 N–H and O–H groups in total. The van der Waals surface area contributed by atoms with Crippen LogP contribution in [0.4, 0.5) is 0 Å². The number of nitrogens with zero attached hydrogens (tertiary/aromatic N) is 3. The Kier molecular flexibility index (Phi) is 6.79. The van der Waals surface area contributed by atoms with E-state index in [0.29, 0.717) is 35.9 Å². The van der Waals surface area contributed by atoms with Crippen LogP contribution in [-0.2, 0) is 16.6 Å². The molecule has 1 rings (SSSR count). The number of nitrogens with one attached hydrogen (secondary N) is 2. The first-order valence-corrected chi connectivity index (χ1v) is 8.60. The van der Waals surface area contributed by atoms with Crippen molar-refractivity contribution in [2.24, 2.45) is 0 Å². The molecule has 0 bridgehead atoms. The lowest BCUT2D eigenvalue weighted by molar-refractivity contribution is 0.358. The first-order chi connectivity index (χ1) is 9.80. The van der Waals surface area contributed by atoms with Gasteiger partial charge in [-0.1, -0.05) is 6.92 Å². The lowest BCUT2D eigenvalue weighted by Crippen LogP contribution is -2.34. The van der Waals surface area contributed by atoms with Crippen LogP contribution in [0, 0.1) is 6.92 Å². The van der Waals surface area contributed by atoms with E-state index in [2.05, 4.69) is 22.4 Å². The molecule has 0 aliphatic heterocycles. The van der Waals surface area contributed by atoms with Gasteiger partial charge in [0.05, 0.1) is 11.4 Å². The van der Waals surface area contributed by atoms with E-state index in [1.165, 1.54) is 4.31 Å². The molecule has 0 aliphatic rings. The van der Waals surface area contributed by atoms with Crippen molar-refractivity contribution in [2.75, 3.05) is 40.8 Å². The summed E-state index contributed by atoms with van der Waals surface area (Å²) >= 11 is 0. The largest absolute Gasteiger partial charge is 0.311 e. The zero-order valence-electron chi connectivity index (χ0n) is 13.6. The van der Waals surface area contributed by atoms with Crippen LogP contribution in [0.15, 0.2) is 4.90 Å². The van der Waals surface area contributed by atoms with E-state index in [0.717, 1.165) is 13.0 Å². The highest BCUT2D eigenvalue weighted by Gasteiger charge is 2.28. The van der Waals surface area contributed by atoms with E-state index >= 15 is 0 Å². The van der Waals surface area contributed by atoms with Gasteiger partial charge in [-0.05, 0) is 34.0 Å². The highest BCUT2D eigenvalue weighted by atomic mass is 32.2. The normalized spacial score (nSPS) is 12.5. The number of aromatic nitrogens is 2. The molecule has 0 amide bonds. The molecule has 0 unspecified atom stereocenters. The van der Waals surface area contributed by atoms with Crippen LogP contribution in [0.3, 0.4) is 0 Å². The number of aromatic amines is 1. The number of aryl methyl sites for hydroxylation is 1. The third kappa shape index (κ3) is 4.77. The summed E-state index contributed by atoms with van der Waals surface area (Å²) in [7, 11) is 1.93. The van der Waals surface area contributed by atoms with Gasteiger partial charge >= 0.3 is 0 Å². The molecular formula is C13H27N5O2S. The first-order valence-electron chi connectivity index (χ1n) is 7.16. The van der Waals surface area contributed by atoms with E-state index in [9.17, 15) is 8.42 Å². The summed E-state index contributed by atoms with van der Waals surface area (Å²) in [6, 6.07) is 0. The highest BCUT2D eigenvalue weighted by Crippen LogP contribution is 2.21. The van der Waals surface area contributed by atoms with Gasteiger partial charge in [0.25, 0.3) is 0 Å². The summed E-state index contributed by atoms with van der Waals surface area (Å²) in [6.45, 7) is 6.21. The maximum atomic E-state index is 12.7. The predicted molar refractivity (Wildman–Crippen MR) is 83.7 cm³/mol. The van der Waals surface area contributed by atoms with Gasteiger partial charge in [-0.3, -0.25) is 5.10 Å². The van der Waals surface area contributed by atoms with Crippen molar-refractivity contribution in [3.05, 3.63) is 11.4 Å². The molecule has 122 valence electrons. The van der Waals surface area contributed by atoms with Crippen molar-refractivity contribution in [1.82, 2.24) is 24.7 Å². The minimum atomic E-state index is -3.52. The van der Waals surface area contributed by atoms with Crippen LogP contribution in [0.1, 0.15) is 24.7 Å². The molecule has 8 heteroatoms. The van der Waals surface area contributed by atoms with Gasteiger partial charge in [-0.25, -0.2) is 8.42 Å². The fourth-order valence-electron chi connectivity index (χ4n) is 1.93. The average Bonchev–Trinajstić information content (AvgIpc) is 2.78. The van der Waals surface area contributed by atoms with Crippen molar-refractivity contribution >= 4 is 10.0 Å². The Morgan fingerprint density at radius 1 is 1.24 bits per heavy atom. The molecule has 0 aliphatic carbocycles. The summed E-state index contributed by atoms with van der Waals surface area (Å²) in [5.41, 5.74) is 1.14. The first kappa shape index (κ1) is 18.1. The van der Waals surface area contributed by atoms with E-state index in [-0.39, 0.29) is 0 Å². The van der Waals surface area contributed by atoms with Crippen LogP contribution >= 0.6 is 0 Å². The molecule has 0 saturated carbocycles. The Bertz CT molecular complexity index is 539. The van der Waals surface area contributed by atoms with Crippen LogP contribution in [0.5, 0.6) is 0 Å². The summed E-state index contributed by atoms with van der Waals surface area (Å²) < 4.78 is 26.8. The number of hydrogen-bond donors (Lipinski definition) is 2. The van der Waals surface area contributed by atoms with Gasteiger partial charge in [-0.15, -0.1) is 0 Å². The molecule has 1 heterocycles. The molecule has 0 fully saturated rings. The lowest BCUT2D eigenvalue weighted by Gasteiger charge is -2.20. The van der Waals surface area contributed by atoms with Crippen molar-refractivity contribution < 1.29 is 8.42 Å². The Labute approximate surface area is 127 Å². The second kappa shape index (κ2) is 7.88. The molecule has 0 atom stereocenters. The third-order valence-electron chi connectivity index (χ3n) is 3.21. The van der Waals surface area contributed by atoms with E-state index in [4.69, 9.17) is 0 Å². The van der Waals surface area contributed by atoms with Crippen molar-refractivity contribution in [1.29, 1.82) is 0 Å². The third-order valence-corrected chi connectivity index (χ3v) is 5.27. The summed E-state index contributed by atoms with van der Waals surface area (Å²) in [5, 5.41) is 10.1. The number of likely N-dealkylation sites (N-methyl/N-ethyl adjacent to an activating group) is 2. The van der Waals surface area contributed by atoms with Gasteiger partial charge in [0, 0.05) is 26.7 Å². The minimum absolute atomic E-state index is 0.298. The molecule has 0 aromatic carbocycles. The zero-order chi connectivity index (χ0) is 16.0. The molecule has 0 spiro atoms. The number of rotatable bonds is 9. The Balaban J connectivity index is 2.93. The van der Waals surface area contributed by atoms with Crippen LogP contribution in [0.2, 0.25) is 0 Å². The fourth-order valence-corrected chi connectivity index (χ4v) is 3.41. The Morgan fingerprint density at radius 2 is 1.90 bits per heavy atom. The van der Waals surface area contributed by atoms with E-state index in [1.807, 2.05) is 19.0 Å². The Morgan fingerprint density at radius 3 is 2.48 bits per heavy atom. The van der Waals surface area contributed by atoms with Crippen molar-refractivity contribution in [3.8, 4) is 0 Å². The summed E-state index contributed by atoms with van der Waals surface area (Å²) in [6.07, 6.45) is 0.994. The average molecular weight is 317 g/mol.